The minimum absolute atomic E-state index is 0.0871. The third kappa shape index (κ3) is 5.98. The number of benzene rings is 3. The van der Waals surface area contributed by atoms with Crippen molar-refractivity contribution in [1.82, 2.24) is 9.55 Å². The molecule has 0 radical (unpaired) electrons. The Hall–Kier alpha value is -4.17. The summed E-state index contributed by atoms with van der Waals surface area (Å²) in [5.74, 6) is 1.59. The van der Waals surface area contributed by atoms with Gasteiger partial charge in [-0.2, -0.15) is 10.2 Å². The average Bonchev–Trinajstić information content (AvgIpc) is 2.90. The van der Waals surface area contributed by atoms with Crippen LogP contribution in [0.5, 0.6) is 5.75 Å². The normalized spacial score (nSPS) is 10.9. The first-order chi connectivity index (χ1) is 17.9. The first-order valence-corrected chi connectivity index (χ1v) is 12.9. The van der Waals surface area contributed by atoms with Crippen LogP contribution in [0.25, 0.3) is 22.3 Å². The van der Waals surface area contributed by atoms with Gasteiger partial charge in [-0.05, 0) is 67.6 Å². The van der Waals surface area contributed by atoms with Crippen molar-refractivity contribution < 1.29 is 4.74 Å². The van der Waals surface area contributed by atoms with Gasteiger partial charge >= 0.3 is 0 Å². The van der Waals surface area contributed by atoms with E-state index in [2.05, 4.69) is 46.8 Å². The van der Waals surface area contributed by atoms with Crippen LogP contribution in [0, 0.1) is 18.3 Å². The second-order valence-corrected chi connectivity index (χ2v) is 9.53. The van der Waals surface area contributed by atoms with Crippen molar-refractivity contribution in [1.29, 1.82) is 5.26 Å². The highest BCUT2D eigenvalue weighted by Gasteiger charge is 2.16. The summed E-state index contributed by atoms with van der Waals surface area (Å²) in [5.41, 5.74) is 5.87. The molecule has 0 aliphatic heterocycles. The van der Waals surface area contributed by atoms with Crippen LogP contribution in [-0.4, -0.2) is 15.7 Å². The molecule has 188 valence electrons. The molecule has 0 aliphatic rings. The van der Waals surface area contributed by atoms with E-state index in [1.165, 1.54) is 0 Å². The van der Waals surface area contributed by atoms with Crippen molar-refractivity contribution in [3.8, 4) is 34.1 Å². The molecule has 0 spiro atoms. The third-order valence-electron chi connectivity index (χ3n) is 6.44. The summed E-state index contributed by atoms with van der Waals surface area (Å²) in [6.45, 7) is 8.74. The van der Waals surface area contributed by atoms with Crippen LogP contribution in [0.1, 0.15) is 56.3 Å². The van der Waals surface area contributed by atoms with Crippen LogP contribution in [0.4, 0.5) is 0 Å². The van der Waals surface area contributed by atoms with E-state index in [4.69, 9.17) is 4.74 Å². The molecule has 37 heavy (non-hydrogen) atoms. The minimum atomic E-state index is -0.194. The Bertz CT molecular complexity index is 1460. The molecule has 5 heteroatoms. The molecule has 0 N–H and O–H groups in total. The van der Waals surface area contributed by atoms with E-state index in [-0.39, 0.29) is 11.7 Å². The number of unbranched alkanes of at least 4 members (excludes halogenated alkanes) is 1. The van der Waals surface area contributed by atoms with Crippen molar-refractivity contribution in [3.63, 3.8) is 0 Å². The number of nitrogens with zero attached hydrogens (tertiary/aromatic N) is 3. The fraction of sp³-hybridized carbons (Fsp3) is 0.281. The SMILES string of the molecule is CCCCc1nc(=O)c(-c2ccc(OC(C)C)cc2)c(C)n1Cc1ccc(-c2ccccc2C#N)cc1. The van der Waals surface area contributed by atoms with Crippen molar-refractivity contribution >= 4 is 0 Å². The van der Waals surface area contributed by atoms with Crippen LogP contribution in [0.3, 0.4) is 0 Å². The summed E-state index contributed by atoms with van der Waals surface area (Å²) in [6, 6.07) is 25.8. The lowest BCUT2D eigenvalue weighted by Gasteiger charge is -2.19. The molecule has 1 heterocycles. The number of ether oxygens (including phenoxy) is 1. The van der Waals surface area contributed by atoms with E-state index >= 15 is 0 Å². The molecular formula is C32H33N3O2. The van der Waals surface area contributed by atoms with E-state index in [9.17, 15) is 10.1 Å². The lowest BCUT2D eigenvalue weighted by Crippen LogP contribution is -2.23. The van der Waals surface area contributed by atoms with Crippen molar-refractivity contribution in [2.45, 2.75) is 59.6 Å². The van der Waals surface area contributed by atoms with Gasteiger partial charge in [-0.3, -0.25) is 4.79 Å². The fourth-order valence-corrected chi connectivity index (χ4v) is 4.56. The minimum Gasteiger partial charge on any atom is -0.491 e. The van der Waals surface area contributed by atoms with Crippen LogP contribution < -0.4 is 10.3 Å². The Kier molecular flexibility index (Phi) is 8.20. The number of hydrogen-bond donors (Lipinski definition) is 0. The molecule has 0 fully saturated rings. The van der Waals surface area contributed by atoms with Crippen LogP contribution in [-0.2, 0) is 13.0 Å². The highest BCUT2D eigenvalue weighted by Crippen LogP contribution is 2.26. The second kappa shape index (κ2) is 11.7. The molecule has 0 bridgehead atoms. The van der Waals surface area contributed by atoms with Gasteiger partial charge in [0.25, 0.3) is 5.56 Å². The maximum absolute atomic E-state index is 13.2. The Morgan fingerprint density at radius 1 is 0.973 bits per heavy atom. The molecule has 0 saturated carbocycles. The van der Waals surface area contributed by atoms with Gasteiger partial charge in [0.2, 0.25) is 0 Å². The van der Waals surface area contributed by atoms with E-state index in [0.717, 1.165) is 58.8 Å². The predicted molar refractivity (Wildman–Crippen MR) is 149 cm³/mol. The smallest absolute Gasteiger partial charge is 0.281 e. The molecule has 0 atom stereocenters. The summed E-state index contributed by atoms with van der Waals surface area (Å²) in [4.78, 5) is 17.7. The van der Waals surface area contributed by atoms with Crippen LogP contribution in [0.2, 0.25) is 0 Å². The first kappa shape index (κ1) is 25.9. The zero-order chi connectivity index (χ0) is 26.4. The Morgan fingerprint density at radius 3 is 2.30 bits per heavy atom. The van der Waals surface area contributed by atoms with Crippen LogP contribution >= 0.6 is 0 Å². The van der Waals surface area contributed by atoms with Crippen molar-refractivity contribution in [2.75, 3.05) is 0 Å². The molecule has 0 saturated heterocycles. The Balaban J connectivity index is 1.71. The van der Waals surface area contributed by atoms with E-state index < -0.39 is 0 Å². The van der Waals surface area contributed by atoms with Crippen molar-refractivity contribution in [2.24, 2.45) is 0 Å². The van der Waals surface area contributed by atoms with Gasteiger partial charge in [0.1, 0.15) is 11.6 Å². The number of aromatic nitrogens is 2. The second-order valence-electron chi connectivity index (χ2n) is 9.53. The van der Waals surface area contributed by atoms with Crippen LogP contribution in [0.15, 0.2) is 77.6 Å². The summed E-state index contributed by atoms with van der Waals surface area (Å²) in [5, 5.41) is 9.46. The average molecular weight is 492 g/mol. The molecular weight excluding hydrogens is 458 g/mol. The first-order valence-electron chi connectivity index (χ1n) is 12.9. The van der Waals surface area contributed by atoms with Gasteiger partial charge in [0.05, 0.1) is 23.3 Å². The van der Waals surface area contributed by atoms with Gasteiger partial charge in [-0.1, -0.05) is 67.9 Å². The van der Waals surface area contributed by atoms with E-state index in [1.54, 1.807) is 0 Å². The molecule has 3 aromatic carbocycles. The Morgan fingerprint density at radius 2 is 1.65 bits per heavy atom. The topological polar surface area (TPSA) is 67.9 Å². The third-order valence-corrected chi connectivity index (χ3v) is 6.44. The van der Waals surface area contributed by atoms with Gasteiger partial charge in [-0.25, -0.2) is 0 Å². The van der Waals surface area contributed by atoms with Gasteiger partial charge in [0, 0.05) is 18.7 Å². The maximum Gasteiger partial charge on any atom is 0.281 e. The van der Waals surface area contributed by atoms with Gasteiger partial charge < -0.3 is 9.30 Å². The number of rotatable bonds is 9. The number of hydrogen-bond acceptors (Lipinski definition) is 4. The summed E-state index contributed by atoms with van der Waals surface area (Å²) >= 11 is 0. The maximum atomic E-state index is 13.2. The fourth-order valence-electron chi connectivity index (χ4n) is 4.56. The zero-order valence-electron chi connectivity index (χ0n) is 22.0. The number of nitriles is 1. The molecule has 0 unspecified atom stereocenters. The standard InChI is InChI=1S/C32H33N3O2/c1-5-6-11-30-34-32(36)31(26-16-18-28(19-17-26)37-22(2)3)23(4)35(30)21-24-12-14-25(15-13-24)29-10-8-7-9-27(29)20-33/h7-10,12-19,22H,5-6,11,21H2,1-4H3. The predicted octanol–water partition coefficient (Wildman–Crippen LogP) is 6.94. The highest BCUT2D eigenvalue weighted by molar-refractivity contribution is 5.70. The summed E-state index contributed by atoms with van der Waals surface area (Å²) in [6.07, 6.45) is 2.84. The highest BCUT2D eigenvalue weighted by atomic mass is 16.5. The molecule has 1 aromatic heterocycles. The lowest BCUT2D eigenvalue weighted by molar-refractivity contribution is 0.242. The number of aryl methyl sites for hydroxylation is 1. The van der Waals surface area contributed by atoms with E-state index in [0.29, 0.717) is 17.7 Å². The summed E-state index contributed by atoms with van der Waals surface area (Å²) in [7, 11) is 0. The summed E-state index contributed by atoms with van der Waals surface area (Å²) < 4.78 is 7.94. The molecule has 5 nitrogen and oxygen atoms in total. The zero-order valence-corrected chi connectivity index (χ0v) is 22.0. The Labute approximate surface area is 219 Å². The monoisotopic (exact) mass is 491 g/mol. The molecule has 0 aliphatic carbocycles. The lowest BCUT2D eigenvalue weighted by atomic mass is 9.99. The van der Waals surface area contributed by atoms with Gasteiger partial charge in [0.15, 0.2) is 0 Å². The largest absolute Gasteiger partial charge is 0.491 e. The van der Waals surface area contributed by atoms with Gasteiger partial charge in [-0.15, -0.1) is 0 Å². The van der Waals surface area contributed by atoms with Crippen molar-refractivity contribution in [3.05, 3.63) is 106 Å². The molecule has 0 amide bonds. The quantitative estimate of drug-likeness (QED) is 0.254. The molecule has 4 rings (SSSR count). The molecule has 4 aromatic rings. The van der Waals surface area contributed by atoms with E-state index in [1.807, 2.05) is 69.3 Å².